The molecule has 13 heteroatoms. The van der Waals surface area contributed by atoms with Crippen LogP contribution < -0.4 is 37.9 Å². The number of hydrogen-bond donors (Lipinski definition) is 6. The third-order valence-corrected chi connectivity index (χ3v) is 6.21. The number of nitrogens with two attached hydrogens (primary N) is 3. The van der Waals surface area contributed by atoms with Gasteiger partial charge < -0.3 is 37.9 Å². The van der Waals surface area contributed by atoms with Crippen molar-refractivity contribution in [2.24, 2.45) is 17.2 Å². The Labute approximate surface area is 237 Å². The molecule has 10 nitrogen and oxygen atoms in total. The normalized spacial score (nSPS) is 13.5. The molecule has 0 spiro atoms. The minimum atomic E-state index is -4.81. The zero-order valence-corrected chi connectivity index (χ0v) is 22.8. The molecular formula is C28H39F3N6O4. The maximum absolute atomic E-state index is 13.3. The number of hydrogen-bond acceptors (Lipinski definition) is 7. The molecule has 0 aliphatic carbocycles. The molecule has 2 aromatic carbocycles. The van der Waals surface area contributed by atoms with E-state index in [1.54, 1.807) is 0 Å². The Morgan fingerprint density at radius 3 is 1.95 bits per heavy atom. The van der Waals surface area contributed by atoms with Gasteiger partial charge in [-0.1, -0.05) is 42.5 Å². The van der Waals surface area contributed by atoms with Gasteiger partial charge in [0.25, 0.3) is 0 Å². The van der Waals surface area contributed by atoms with E-state index in [1.165, 1.54) is 12.1 Å². The van der Waals surface area contributed by atoms with Crippen LogP contribution in [-0.4, -0.2) is 55.3 Å². The van der Waals surface area contributed by atoms with Crippen LogP contribution in [0.1, 0.15) is 43.2 Å². The third-order valence-electron chi connectivity index (χ3n) is 6.21. The topological polar surface area (TPSA) is 175 Å². The van der Waals surface area contributed by atoms with E-state index in [-0.39, 0.29) is 25.1 Å². The number of halogens is 3. The summed E-state index contributed by atoms with van der Waals surface area (Å²) in [5.74, 6) is -1.93. The summed E-state index contributed by atoms with van der Waals surface area (Å²) in [6.07, 6.45) is -2.47. The molecule has 3 atom stereocenters. The fourth-order valence-corrected chi connectivity index (χ4v) is 3.96. The van der Waals surface area contributed by atoms with Gasteiger partial charge in [0.1, 0.15) is 17.8 Å². The Morgan fingerprint density at radius 1 is 0.756 bits per heavy atom. The van der Waals surface area contributed by atoms with E-state index in [1.807, 2.05) is 30.3 Å². The molecule has 2 rings (SSSR count). The highest BCUT2D eigenvalue weighted by Crippen LogP contribution is 2.22. The van der Waals surface area contributed by atoms with Crippen LogP contribution in [0.5, 0.6) is 5.75 Å². The lowest BCUT2D eigenvalue weighted by molar-refractivity contribution is -0.274. The predicted molar refractivity (Wildman–Crippen MR) is 148 cm³/mol. The fourth-order valence-electron chi connectivity index (χ4n) is 3.96. The van der Waals surface area contributed by atoms with E-state index in [4.69, 9.17) is 17.2 Å². The number of carbonyl (C=O) groups is 3. The maximum Gasteiger partial charge on any atom is 0.573 e. The highest BCUT2D eigenvalue weighted by molar-refractivity contribution is 5.93. The van der Waals surface area contributed by atoms with Crippen LogP contribution in [0.3, 0.4) is 0 Å². The van der Waals surface area contributed by atoms with Crippen LogP contribution >= 0.6 is 0 Å². The van der Waals surface area contributed by atoms with Crippen molar-refractivity contribution >= 4 is 17.7 Å². The maximum atomic E-state index is 13.3. The molecule has 3 amide bonds. The Balaban J connectivity index is 2.10. The lowest BCUT2D eigenvalue weighted by Crippen LogP contribution is -2.55. The second kappa shape index (κ2) is 17.2. The van der Waals surface area contributed by atoms with Gasteiger partial charge in [0.05, 0.1) is 6.04 Å². The Bertz CT molecular complexity index is 1090. The Hall–Kier alpha value is -3.68. The van der Waals surface area contributed by atoms with Gasteiger partial charge in [-0.2, -0.15) is 0 Å². The summed E-state index contributed by atoms with van der Waals surface area (Å²) in [5, 5.41) is 8.12. The highest BCUT2D eigenvalue weighted by atomic mass is 19.4. The lowest BCUT2D eigenvalue weighted by Gasteiger charge is -2.24. The zero-order chi connectivity index (χ0) is 30.3. The van der Waals surface area contributed by atoms with Gasteiger partial charge in [-0.25, -0.2) is 0 Å². The number of nitrogens with one attached hydrogen (secondary N) is 3. The zero-order valence-electron chi connectivity index (χ0n) is 22.8. The van der Waals surface area contributed by atoms with Crippen molar-refractivity contribution in [2.45, 2.75) is 69.6 Å². The molecule has 0 radical (unpaired) electrons. The summed E-state index contributed by atoms with van der Waals surface area (Å²) in [5.41, 5.74) is 18.5. The van der Waals surface area contributed by atoms with Gasteiger partial charge in [-0.15, -0.1) is 13.2 Å². The molecule has 0 bridgehead atoms. The molecule has 0 saturated carbocycles. The second-order valence-electron chi connectivity index (χ2n) is 9.52. The molecule has 1 unspecified atom stereocenters. The first-order valence-electron chi connectivity index (χ1n) is 13.4. The molecule has 0 saturated heterocycles. The van der Waals surface area contributed by atoms with E-state index in [0.717, 1.165) is 17.7 Å². The van der Waals surface area contributed by atoms with E-state index < -0.39 is 42.2 Å². The minimum absolute atomic E-state index is 0.00612. The minimum Gasteiger partial charge on any atom is -0.406 e. The van der Waals surface area contributed by atoms with Crippen molar-refractivity contribution in [3.8, 4) is 5.75 Å². The van der Waals surface area contributed by atoms with E-state index in [9.17, 15) is 27.6 Å². The van der Waals surface area contributed by atoms with Crippen molar-refractivity contribution in [3.63, 3.8) is 0 Å². The fraction of sp³-hybridized carbons (Fsp3) is 0.464. The van der Waals surface area contributed by atoms with E-state index in [2.05, 4.69) is 20.7 Å². The van der Waals surface area contributed by atoms with Crippen LogP contribution in [0.2, 0.25) is 0 Å². The summed E-state index contributed by atoms with van der Waals surface area (Å²) < 4.78 is 41.1. The first-order chi connectivity index (χ1) is 19.5. The van der Waals surface area contributed by atoms with Crippen LogP contribution in [0.4, 0.5) is 13.2 Å². The number of amides is 3. The predicted octanol–water partition coefficient (Wildman–Crippen LogP) is 1.61. The quantitative estimate of drug-likeness (QED) is 0.165. The summed E-state index contributed by atoms with van der Waals surface area (Å²) >= 11 is 0. The Kier molecular flexibility index (Phi) is 14.1. The number of ether oxygens (including phenoxy) is 1. The summed E-state index contributed by atoms with van der Waals surface area (Å²) in [7, 11) is 0. The molecule has 9 N–H and O–H groups in total. The van der Waals surface area contributed by atoms with Crippen LogP contribution in [0.15, 0.2) is 54.6 Å². The molecule has 0 fully saturated rings. The first kappa shape index (κ1) is 33.5. The number of carbonyl (C=O) groups excluding carboxylic acids is 3. The van der Waals surface area contributed by atoms with Crippen molar-refractivity contribution in [1.29, 1.82) is 0 Å². The smallest absolute Gasteiger partial charge is 0.406 e. The molecule has 0 heterocycles. The lowest BCUT2D eigenvalue weighted by atomic mass is 10.0. The van der Waals surface area contributed by atoms with Crippen LogP contribution in [-0.2, 0) is 27.3 Å². The summed E-state index contributed by atoms with van der Waals surface area (Å²) in [4.78, 5) is 39.0. The number of benzene rings is 2. The van der Waals surface area contributed by atoms with Crippen molar-refractivity contribution in [3.05, 3.63) is 65.7 Å². The van der Waals surface area contributed by atoms with Gasteiger partial charge in [0.15, 0.2) is 0 Å². The van der Waals surface area contributed by atoms with Gasteiger partial charge in [0.2, 0.25) is 17.7 Å². The van der Waals surface area contributed by atoms with Gasteiger partial charge in [-0.05, 0) is 74.9 Å². The summed E-state index contributed by atoms with van der Waals surface area (Å²) in [6, 6.07) is 11.7. The van der Waals surface area contributed by atoms with Crippen molar-refractivity contribution in [1.82, 2.24) is 16.0 Å². The average molecular weight is 581 g/mol. The monoisotopic (exact) mass is 580 g/mol. The molecule has 226 valence electrons. The molecule has 0 aromatic heterocycles. The Morgan fingerprint density at radius 2 is 1.34 bits per heavy atom. The second-order valence-corrected chi connectivity index (χ2v) is 9.52. The largest absolute Gasteiger partial charge is 0.573 e. The van der Waals surface area contributed by atoms with Gasteiger partial charge in [-0.3, -0.25) is 14.4 Å². The average Bonchev–Trinajstić information content (AvgIpc) is 2.94. The number of rotatable bonds is 17. The first-order valence-corrected chi connectivity index (χ1v) is 13.4. The molecule has 0 aliphatic heterocycles. The molecular weight excluding hydrogens is 541 g/mol. The highest BCUT2D eigenvalue weighted by Gasteiger charge is 2.31. The number of alkyl halides is 3. The summed E-state index contributed by atoms with van der Waals surface area (Å²) in [6.45, 7) is 0.678. The van der Waals surface area contributed by atoms with Crippen molar-refractivity contribution < 1.29 is 32.3 Å². The van der Waals surface area contributed by atoms with E-state index in [0.29, 0.717) is 44.3 Å². The van der Waals surface area contributed by atoms with Gasteiger partial charge >= 0.3 is 6.36 Å². The third kappa shape index (κ3) is 13.0. The van der Waals surface area contributed by atoms with Crippen LogP contribution in [0, 0.1) is 0 Å². The molecule has 0 aliphatic rings. The molecule has 41 heavy (non-hydrogen) atoms. The van der Waals surface area contributed by atoms with Gasteiger partial charge in [0, 0.05) is 6.54 Å². The molecule has 2 aromatic rings. The van der Waals surface area contributed by atoms with E-state index >= 15 is 0 Å². The SMILES string of the molecule is NCCCC(NC(=O)[C@H](N)CCCN)C(=O)N[C@@H](CCc1ccccc1)C(=O)NCc1ccc(OC(F)(F)F)cc1. The standard InChI is InChI=1S/C28H39F3N6O4/c29-28(30,31)41-21-13-10-20(11-14-21)18-35-26(39)24(15-12-19-6-2-1-3-7-19)37-27(40)23(9-5-17-33)36-25(38)22(34)8-4-16-32/h1-3,6-7,10-11,13-14,22-24H,4-5,8-9,12,15-18,32-34H2,(H,35,39)(H,36,38)(H,37,40)/t22-,23?,24+/m1/s1. The van der Waals surface area contributed by atoms with Crippen molar-refractivity contribution in [2.75, 3.05) is 13.1 Å². The number of aryl methyl sites for hydroxylation is 1. The van der Waals surface area contributed by atoms with Crippen LogP contribution in [0.25, 0.3) is 0 Å².